The summed E-state index contributed by atoms with van der Waals surface area (Å²) in [6.45, 7) is 3.40. The fourth-order valence-electron chi connectivity index (χ4n) is 3.10. The number of rotatable bonds is 4. The maximum absolute atomic E-state index is 12.4. The molecule has 0 saturated heterocycles. The van der Waals surface area contributed by atoms with Crippen LogP contribution in [0.5, 0.6) is 0 Å². The van der Waals surface area contributed by atoms with Crippen molar-refractivity contribution in [1.29, 1.82) is 0 Å². The number of hydrogen-bond donors (Lipinski definition) is 1. The van der Waals surface area contributed by atoms with Crippen LogP contribution in [0.25, 0.3) is 0 Å². The number of carbonyl (C=O) groups excluding carboxylic acids is 1. The predicted octanol–water partition coefficient (Wildman–Crippen LogP) is 5.00. The van der Waals surface area contributed by atoms with E-state index in [-0.39, 0.29) is 5.91 Å². The molecule has 0 spiro atoms. The zero-order chi connectivity index (χ0) is 16.4. The molecule has 0 aliphatic carbocycles. The fourth-order valence-corrected chi connectivity index (χ4v) is 4.52. The van der Waals surface area contributed by atoms with Crippen molar-refractivity contribution in [2.75, 3.05) is 18.4 Å². The summed E-state index contributed by atoms with van der Waals surface area (Å²) in [5, 5.41) is 5.90. The maximum Gasteiger partial charge on any atom is 0.238 e. The molecule has 1 N–H and O–H groups in total. The highest BCUT2D eigenvalue weighted by molar-refractivity contribution is 7.10. The molecule has 6 heteroatoms. The molecule has 3 nitrogen and oxygen atoms in total. The first-order valence-corrected chi connectivity index (χ1v) is 9.28. The van der Waals surface area contributed by atoms with Crippen molar-refractivity contribution < 1.29 is 4.79 Å². The molecule has 1 atom stereocenters. The molecule has 23 heavy (non-hydrogen) atoms. The molecule has 2 heterocycles. The van der Waals surface area contributed by atoms with Crippen molar-refractivity contribution in [1.82, 2.24) is 4.90 Å². The quantitative estimate of drug-likeness (QED) is 0.822. The molecular weight excluding hydrogens is 351 g/mol. The van der Waals surface area contributed by atoms with Gasteiger partial charge >= 0.3 is 0 Å². The summed E-state index contributed by atoms with van der Waals surface area (Å²) in [6.07, 6.45) is 1.99. The van der Waals surface area contributed by atoms with Gasteiger partial charge in [-0.1, -0.05) is 36.2 Å². The summed E-state index contributed by atoms with van der Waals surface area (Å²) >= 11 is 14.0. The smallest absolute Gasteiger partial charge is 0.238 e. The van der Waals surface area contributed by atoms with Gasteiger partial charge in [0.05, 0.1) is 22.3 Å². The van der Waals surface area contributed by atoms with Crippen LogP contribution in [0.3, 0.4) is 0 Å². The number of nitrogens with zero attached hydrogens (tertiary/aromatic N) is 1. The van der Waals surface area contributed by atoms with E-state index in [2.05, 4.69) is 28.6 Å². The number of fused-ring (bicyclic) bond motifs is 1. The van der Waals surface area contributed by atoms with E-state index < -0.39 is 0 Å². The molecule has 1 aromatic heterocycles. The Morgan fingerprint density at radius 1 is 1.35 bits per heavy atom. The Morgan fingerprint density at radius 3 is 2.78 bits per heavy atom. The van der Waals surface area contributed by atoms with Gasteiger partial charge in [-0.05, 0) is 42.0 Å². The molecule has 3 rings (SSSR count). The van der Waals surface area contributed by atoms with Crippen LogP contribution in [0.1, 0.15) is 29.8 Å². The highest BCUT2D eigenvalue weighted by atomic mass is 35.5. The lowest BCUT2D eigenvalue weighted by Crippen LogP contribution is -2.40. The molecule has 0 bridgehead atoms. The molecule has 0 radical (unpaired) electrons. The fraction of sp³-hybridized carbons (Fsp3) is 0.353. The molecule has 122 valence electrons. The van der Waals surface area contributed by atoms with E-state index in [9.17, 15) is 4.79 Å². The average Bonchev–Trinajstić information content (AvgIpc) is 2.99. The number of halogens is 2. The van der Waals surface area contributed by atoms with E-state index in [0.29, 0.717) is 28.3 Å². The van der Waals surface area contributed by atoms with Crippen LogP contribution in [-0.4, -0.2) is 23.9 Å². The normalized spacial score (nSPS) is 17.8. The minimum Gasteiger partial charge on any atom is -0.322 e. The number of carbonyl (C=O) groups is 1. The molecule has 0 fully saturated rings. The van der Waals surface area contributed by atoms with Gasteiger partial charge in [0.2, 0.25) is 5.91 Å². The summed E-state index contributed by atoms with van der Waals surface area (Å²) < 4.78 is 0. The lowest BCUT2D eigenvalue weighted by molar-refractivity contribution is -0.118. The molecule has 1 aromatic carbocycles. The van der Waals surface area contributed by atoms with Crippen LogP contribution in [0.2, 0.25) is 10.0 Å². The standard InChI is InChI=1S/C17H18Cl2N2OS/c1-2-14-11-7-9-23-15(11)6-8-21(14)10-16(22)20-17-12(18)4-3-5-13(17)19/h3-5,7,9,14H,2,6,8,10H2,1H3,(H,20,22)/t14-/m0/s1. The Kier molecular flexibility index (Phi) is 5.27. The van der Waals surface area contributed by atoms with Gasteiger partial charge in [-0.15, -0.1) is 11.3 Å². The van der Waals surface area contributed by atoms with Crippen molar-refractivity contribution in [2.24, 2.45) is 0 Å². The van der Waals surface area contributed by atoms with Crippen LogP contribution in [0.4, 0.5) is 5.69 Å². The molecule has 1 aliphatic heterocycles. The summed E-state index contributed by atoms with van der Waals surface area (Å²) in [5.74, 6) is -0.0860. The summed E-state index contributed by atoms with van der Waals surface area (Å²) in [7, 11) is 0. The van der Waals surface area contributed by atoms with Crippen molar-refractivity contribution in [3.05, 3.63) is 50.1 Å². The number of benzene rings is 1. The van der Waals surface area contributed by atoms with E-state index >= 15 is 0 Å². The first kappa shape index (κ1) is 16.8. The summed E-state index contributed by atoms with van der Waals surface area (Å²) in [5.41, 5.74) is 1.86. The van der Waals surface area contributed by atoms with Gasteiger partial charge in [0.25, 0.3) is 0 Å². The molecule has 0 unspecified atom stereocenters. The maximum atomic E-state index is 12.4. The third-order valence-electron chi connectivity index (χ3n) is 4.17. The SMILES string of the molecule is CC[C@H]1c2ccsc2CCN1CC(=O)Nc1c(Cl)cccc1Cl. The van der Waals surface area contributed by atoms with Gasteiger partial charge in [0.15, 0.2) is 0 Å². The van der Waals surface area contributed by atoms with Crippen LogP contribution in [-0.2, 0) is 11.2 Å². The predicted molar refractivity (Wildman–Crippen MR) is 97.7 cm³/mol. The first-order valence-electron chi connectivity index (χ1n) is 7.64. The Hall–Kier alpha value is -1.07. The second-order valence-corrected chi connectivity index (χ2v) is 7.40. The van der Waals surface area contributed by atoms with Gasteiger partial charge in [0, 0.05) is 17.5 Å². The van der Waals surface area contributed by atoms with Gasteiger partial charge < -0.3 is 5.32 Å². The van der Waals surface area contributed by atoms with E-state index in [1.165, 1.54) is 10.4 Å². The van der Waals surface area contributed by atoms with Crippen molar-refractivity contribution in [2.45, 2.75) is 25.8 Å². The zero-order valence-corrected chi connectivity index (χ0v) is 15.1. The van der Waals surface area contributed by atoms with Crippen LogP contribution in [0.15, 0.2) is 29.6 Å². The molecule has 2 aromatic rings. The number of thiophene rings is 1. The van der Waals surface area contributed by atoms with E-state index in [0.717, 1.165) is 19.4 Å². The Balaban J connectivity index is 1.71. The van der Waals surface area contributed by atoms with Crippen molar-refractivity contribution >= 4 is 46.1 Å². The van der Waals surface area contributed by atoms with Crippen molar-refractivity contribution in [3.63, 3.8) is 0 Å². The van der Waals surface area contributed by atoms with Gasteiger partial charge in [-0.3, -0.25) is 9.69 Å². The number of hydrogen-bond acceptors (Lipinski definition) is 3. The van der Waals surface area contributed by atoms with Gasteiger partial charge in [0.1, 0.15) is 0 Å². The van der Waals surface area contributed by atoms with E-state index in [1.807, 2.05) is 11.3 Å². The monoisotopic (exact) mass is 368 g/mol. The highest BCUT2D eigenvalue weighted by Gasteiger charge is 2.28. The van der Waals surface area contributed by atoms with Gasteiger partial charge in [-0.25, -0.2) is 0 Å². The minimum atomic E-state index is -0.0860. The third-order valence-corrected chi connectivity index (χ3v) is 5.79. The zero-order valence-electron chi connectivity index (χ0n) is 12.8. The van der Waals surface area contributed by atoms with Crippen LogP contribution in [0, 0.1) is 0 Å². The average molecular weight is 369 g/mol. The summed E-state index contributed by atoms with van der Waals surface area (Å²) in [6, 6.07) is 7.68. The molecular formula is C17H18Cl2N2OS. The van der Waals surface area contributed by atoms with Crippen LogP contribution >= 0.6 is 34.5 Å². The number of para-hydroxylation sites is 1. The Labute approximate surface area is 150 Å². The Bertz CT molecular complexity index is 696. The first-order chi connectivity index (χ1) is 11.1. The van der Waals surface area contributed by atoms with Crippen LogP contribution < -0.4 is 5.32 Å². The lowest BCUT2D eigenvalue weighted by Gasteiger charge is -2.34. The molecule has 1 amide bonds. The van der Waals surface area contributed by atoms with E-state index in [4.69, 9.17) is 23.2 Å². The number of nitrogens with one attached hydrogen (secondary N) is 1. The minimum absolute atomic E-state index is 0.0860. The topological polar surface area (TPSA) is 32.3 Å². The second-order valence-electron chi connectivity index (χ2n) is 5.59. The Morgan fingerprint density at radius 2 is 2.09 bits per heavy atom. The number of anilines is 1. The largest absolute Gasteiger partial charge is 0.322 e. The summed E-state index contributed by atoms with van der Waals surface area (Å²) in [4.78, 5) is 16.1. The lowest BCUT2D eigenvalue weighted by atomic mass is 9.98. The number of amides is 1. The molecule has 1 aliphatic rings. The molecule has 0 saturated carbocycles. The van der Waals surface area contributed by atoms with E-state index in [1.54, 1.807) is 18.2 Å². The second kappa shape index (κ2) is 7.22. The van der Waals surface area contributed by atoms with Gasteiger partial charge in [-0.2, -0.15) is 0 Å². The van der Waals surface area contributed by atoms with Crippen molar-refractivity contribution in [3.8, 4) is 0 Å². The third kappa shape index (κ3) is 3.56. The highest BCUT2D eigenvalue weighted by Crippen LogP contribution is 2.35.